The van der Waals surface area contributed by atoms with Crippen molar-refractivity contribution in [3.05, 3.63) is 92.4 Å². The van der Waals surface area contributed by atoms with Gasteiger partial charge in [-0.05, 0) is 42.0 Å². The molecule has 4 nitrogen and oxygen atoms in total. The first-order valence-electron chi connectivity index (χ1n) is 9.35. The largest absolute Gasteiger partial charge is 0.496 e. The maximum absolute atomic E-state index is 6.44. The predicted molar refractivity (Wildman–Crippen MR) is 120 cm³/mol. The van der Waals surface area contributed by atoms with Crippen LogP contribution in [0.2, 0.25) is 0 Å². The molecule has 3 aromatic rings. The second-order valence-electron chi connectivity index (χ2n) is 7.05. The zero-order valence-electron chi connectivity index (χ0n) is 15.7. The molecule has 2 heterocycles. The van der Waals surface area contributed by atoms with Crippen molar-refractivity contribution in [2.45, 2.75) is 18.7 Å². The fraction of sp³-hybridized carbons (Fsp3) is 0.174. The second-order valence-corrected chi connectivity index (χ2v) is 8.88. The molecule has 2 aliphatic rings. The van der Waals surface area contributed by atoms with E-state index < -0.39 is 0 Å². The summed E-state index contributed by atoms with van der Waals surface area (Å²) in [5.41, 5.74) is 4.29. The second kappa shape index (κ2) is 7.50. The van der Waals surface area contributed by atoms with Crippen molar-refractivity contribution in [1.29, 1.82) is 0 Å². The molecule has 0 aliphatic carbocycles. The number of hydrazone groups is 1. The predicted octanol–water partition coefficient (Wildman–Crippen LogP) is 6.46. The molecule has 0 saturated carbocycles. The van der Waals surface area contributed by atoms with E-state index in [0.717, 1.165) is 49.3 Å². The Morgan fingerprint density at radius 3 is 2.52 bits per heavy atom. The molecule has 0 radical (unpaired) electrons. The third kappa shape index (κ3) is 3.34. The number of hydrogen-bond donors (Lipinski definition) is 0. The molecule has 0 fully saturated rings. The van der Waals surface area contributed by atoms with Gasteiger partial charge in [0.2, 0.25) is 6.23 Å². The van der Waals surface area contributed by atoms with Crippen LogP contribution >= 0.6 is 31.9 Å². The maximum atomic E-state index is 6.44. The molecule has 0 saturated heterocycles. The number of halogens is 2. The van der Waals surface area contributed by atoms with Crippen LogP contribution < -0.4 is 9.47 Å². The van der Waals surface area contributed by atoms with Crippen LogP contribution in [0.3, 0.4) is 0 Å². The molecule has 146 valence electrons. The fourth-order valence-corrected chi connectivity index (χ4v) is 4.60. The Kier molecular flexibility index (Phi) is 4.84. The van der Waals surface area contributed by atoms with E-state index in [0.29, 0.717) is 0 Å². The monoisotopic (exact) mass is 512 g/mol. The fourth-order valence-electron chi connectivity index (χ4n) is 3.95. The number of para-hydroxylation sites is 1. The summed E-state index contributed by atoms with van der Waals surface area (Å²) in [6, 6.07) is 22.6. The Bertz CT molecular complexity index is 1100. The number of nitrogens with zero attached hydrogens (tertiary/aromatic N) is 2. The van der Waals surface area contributed by atoms with Gasteiger partial charge in [0, 0.05) is 20.9 Å². The highest BCUT2D eigenvalue weighted by Gasteiger charge is 2.41. The molecule has 5 rings (SSSR count). The highest BCUT2D eigenvalue weighted by molar-refractivity contribution is 9.10. The maximum Gasteiger partial charge on any atom is 0.217 e. The van der Waals surface area contributed by atoms with Gasteiger partial charge < -0.3 is 9.47 Å². The Morgan fingerprint density at radius 1 is 0.966 bits per heavy atom. The van der Waals surface area contributed by atoms with Gasteiger partial charge >= 0.3 is 0 Å². The van der Waals surface area contributed by atoms with Crippen molar-refractivity contribution in [1.82, 2.24) is 5.01 Å². The summed E-state index contributed by atoms with van der Waals surface area (Å²) in [6.45, 7) is 0. The average Bonchev–Trinajstić information content (AvgIpc) is 3.19. The van der Waals surface area contributed by atoms with Crippen LogP contribution in [0.1, 0.15) is 35.4 Å². The van der Waals surface area contributed by atoms with Crippen LogP contribution in [0.5, 0.6) is 11.5 Å². The molecule has 6 heteroatoms. The van der Waals surface area contributed by atoms with E-state index >= 15 is 0 Å². The van der Waals surface area contributed by atoms with Gasteiger partial charge in [-0.2, -0.15) is 5.10 Å². The summed E-state index contributed by atoms with van der Waals surface area (Å²) in [5.74, 6) is 1.68. The Labute approximate surface area is 186 Å². The van der Waals surface area contributed by atoms with Gasteiger partial charge in [-0.25, -0.2) is 5.01 Å². The zero-order valence-corrected chi connectivity index (χ0v) is 18.9. The van der Waals surface area contributed by atoms with E-state index in [9.17, 15) is 0 Å². The van der Waals surface area contributed by atoms with Crippen LogP contribution in [-0.4, -0.2) is 17.8 Å². The third-order valence-electron chi connectivity index (χ3n) is 5.33. The topological polar surface area (TPSA) is 34.1 Å². The van der Waals surface area contributed by atoms with Crippen LogP contribution in [-0.2, 0) is 0 Å². The minimum absolute atomic E-state index is 0.118. The van der Waals surface area contributed by atoms with Crippen molar-refractivity contribution in [3.8, 4) is 11.5 Å². The molecular formula is C23H18Br2N2O2. The molecule has 3 aromatic carbocycles. The van der Waals surface area contributed by atoms with Crippen LogP contribution in [0.15, 0.2) is 80.8 Å². The molecule has 0 aromatic heterocycles. The first-order valence-corrected chi connectivity index (χ1v) is 10.9. The van der Waals surface area contributed by atoms with Crippen LogP contribution in [0.4, 0.5) is 0 Å². The number of ether oxygens (including phenoxy) is 2. The van der Waals surface area contributed by atoms with Crippen molar-refractivity contribution in [2.75, 3.05) is 7.11 Å². The van der Waals surface area contributed by atoms with E-state index in [-0.39, 0.29) is 12.3 Å². The Balaban J connectivity index is 1.62. The summed E-state index contributed by atoms with van der Waals surface area (Å²) in [4.78, 5) is 0. The van der Waals surface area contributed by atoms with Gasteiger partial charge in [0.05, 0.1) is 24.4 Å². The summed E-state index contributed by atoms with van der Waals surface area (Å²) in [7, 11) is 1.68. The number of benzene rings is 3. The SMILES string of the molecule is COc1ccc(Br)cc1C1Oc2ccccc2C2CC(c3ccc(Br)cc3)=NN21. The summed E-state index contributed by atoms with van der Waals surface area (Å²) < 4.78 is 14.1. The van der Waals surface area contributed by atoms with Crippen LogP contribution in [0.25, 0.3) is 0 Å². The van der Waals surface area contributed by atoms with Gasteiger partial charge in [-0.15, -0.1) is 0 Å². The normalized spacial score (nSPS) is 19.8. The van der Waals surface area contributed by atoms with Gasteiger partial charge in [-0.1, -0.05) is 62.2 Å². The van der Waals surface area contributed by atoms with Gasteiger partial charge in [0.25, 0.3) is 0 Å². The average molecular weight is 514 g/mol. The minimum atomic E-state index is -0.365. The summed E-state index contributed by atoms with van der Waals surface area (Å²) >= 11 is 7.09. The Hall–Kier alpha value is -2.31. The molecule has 2 unspecified atom stereocenters. The quantitative estimate of drug-likeness (QED) is 0.403. The molecule has 2 aliphatic heterocycles. The number of fused-ring (bicyclic) bond motifs is 3. The number of rotatable bonds is 3. The van der Waals surface area contributed by atoms with E-state index in [4.69, 9.17) is 14.6 Å². The molecule has 0 N–H and O–H groups in total. The molecule has 0 bridgehead atoms. The highest BCUT2D eigenvalue weighted by Crippen LogP contribution is 2.49. The smallest absolute Gasteiger partial charge is 0.217 e. The standard InChI is InChI=1S/C23H18Br2N2O2/c1-28-21-11-10-16(25)12-18(21)23-27-20(17-4-2-3-5-22(17)29-23)13-19(26-27)14-6-8-15(24)9-7-14/h2-12,20,23H,13H2,1H3. The van der Waals surface area contributed by atoms with Crippen molar-refractivity contribution in [3.63, 3.8) is 0 Å². The third-order valence-corrected chi connectivity index (χ3v) is 6.36. The first-order chi connectivity index (χ1) is 14.1. The molecule has 29 heavy (non-hydrogen) atoms. The lowest BCUT2D eigenvalue weighted by Gasteiger charge is -2.38. The van der Waals surface area contributed by atoms with Gasteiger partial charge in [-0.3, -0.25) is 0 Å². The lowest BCUT2D eigenvalue weighted by molar-refractivity contribution is -0.0203. The van der Waals surface area contributed by atoms with E-state index in [1.807, 2.05) is 30.3 Å². The number of methoxy groups -OCH3 is 1. The van der Waals surface area contributed by atoms with Crippen LogP contribution in [0, 0.1) is 0 Å². The molecule has 0 amide bonds. The number of hydrogen-bond acceptors (Lipinski definition) is 4. The highest BCUT2D eigenvalue weighted by atomic mass is 79.9. The zero-order chi connectivity index (χ0) is 20.0. The van der Waals surface area contributed by atoms with E-state index in [2.05, 4.69) is 73.3 Å². The van der Waals surface area contributed by atoms with Crippen molar-refractivity contribution < 1.29 is 9.47 Å². The summed E-state index contributed by atoms with van der Waals surface area (Å²) in [5, 5.41) is 7.08. The van der Waals surface area contributed by atoms with E-state index in [1.54, 1.807) is 7.11 Å². The van der Waals surface area contributed by atoms with Gasteiger partial charge in [0.15, 0.2) is 0 Å². The minimum Gasteiger partial charge on any atom is -0.496 e. The lowest BCUT2D eigenvalue weighted by atomic mass is 9.96. The van der Waals surface area contributed by atoms with Gasteiger partial charge in [0.1, 0.15) is 11.5 Å². The first kappa shape index (κ1) is 18.7. The molecule has 0 spiro atoms. The van der Waals surface area contributed by atoms with Crippen molar-refractivity contribution in [2.24, 2.45) is 5.10 Å². The lowest BCUT2D eigenvalue weighted by Crippen LogP contribution is -2.33. The van der Waals surface area contributed by atoms with E-state index in [1.165, 1.54) is 0 Å². The molecular weight excluding hydrogens is 496 g/mol. The van der Waals surface area contributed by atoms with Crippen molar-refractivity contribution >= 4 is 37.6 Å². The Morgan fingerprint density at radius 2 is 1.72 bits per heavy atom. The molecule has 2 atom stereocenters. The summed E-state index contributed by atoms with van der Waals surface area (Å²) in [6.07, 6.45) is 0.463.